The summed E-state index contributed by atoms with van der Waals surface area (Å²) in [5, 5.41) is 0. The second-order valence-electron chi connectivity index (χ2n) is 0.907. The maximum absolute atomic E-state index is 4.55. The Balaban J connectivity index is -0.0000000573. The number of rotatable bonds is 3. The SMILES string of the molecule is C=COC=NCC.CC.CC.CC. The molecule has 0 aliphatic carbocycles. The molecule has 2 nitrogen and oxygen atoms in total. The molecule has 0 radical (unpaired) electrons. The van der Waals surface area contributed by atoms with E-state index in [0.29, 0.717) is 0 Å². The summed E-state index contributed by atoms with van der Waals surface area (Å²) in [6.07, 6.45) is 2.70. The molecule has 0 aromatic heterocycles. The third kappa shape index (κ3) is 92.3. The van der Waals surface area contributed by atoms with Crippen LogP contribution in [0.1, 0.15) is 48.5 Å². The van der Waals surface area contributed by atoms with Gasteiger partial charge in [0.2, 0.25) is 0 Å². The summed E-state index contributed by atoms with van der Waals surface area (Å²) in [6, 6.07) is 0. The molecule has 0 aliphatic heterocycles. The molecule has 0 aromatic carbocycles. The molecule has 0 atom stereocenters. The standard InChI is InChI=1S/C5H9NO.3C2H6/c1-3-6-5-7-4-2;3*1-2/h4-5H,2-3H2,1H3;3*1-2H3. The molecule has 0 N–H and O–H groups in total. The fourth-order valence-corrected chi connectivity index (χ4v) is 0.161. The van der Waals surface area contributed by atoms with Crippen molar-refractivity contribution in [2.75, 3.05) is 6.54 Å². The van der Waals surface area contributed by atoms with Crippen molar-refractivity contribution in [3.63, 3.8) is 0 Å². The van der Waals surface area contributed by atoms with Gasteiger partial charge in [0.1, 0.15) is 0 Å². The van der Waals surface area contributed by atoms with Gasteiger partial charge in [-0.25, -0.2) is 0 Å². The maximum atomic E-state index is 4.55. The van der Waals surface area contributed by atoms with E-state index in [1.807, 2.05) is 48.5 Å². The average molecular weight is 189 g/mol. The highest BCUT2D eigenvalue weighted by atomic mass is 16.5. The lowest BCUT2D eigenvalue weighted by atomic mass is 10.8. The molecular weight excluding hydrogens is 162 g/mol. The molecule has 0 heterocycles. The van der Waals surface area contributed by atoms with E-state index in [2.05, 4.69) is 16.3 Å². The van der Waals surface area contributed by atoms with E-state index in [1.165, 1.54) is 12.7 Å². The van der Waals surface area contributed by atoms with Gasteiger partial charge in [-0.1, -0.05) is 48.1 Å². The first kappa shape index (κ1) is 22.8. The van der Waals surface area contributed by atoms with Gasteiger partial charge in [0.05, 0.1) is 6.26 Å². The molecule has 0 aliphatic rings. The molecule has 0 unspecified atom stereocenters. The molecule has 0 fully saturated rings. The molecule has 0 saturated heterocycles. The fraction of sp³-hybridized carbons (Fsp3) is 0.727. The molecule has 13 heavy (non-hydrogen) atoms. The zero-order valence-electron chi connectivity index (χ0n) is 10.4. The lowest BCUT2D eigenvalue weighted by molar-refractivity contribution is 0.494. The summed E-state index contributed by atoms with van der Waals surface area (Å²) < 4.78 is 4.55. The lowest BCUT2D eigenvalue weighted by Crippen LogP contribution is -1.75. The van der Waals surface area contributed by atoms with E-state index in [-0.39, 0.29) is 0 Å². The van der Waals surface area contributed by atoms with Crippen LogP contribution in [0.25, 0.3) is 0 Å². The summed E-state index contributed by atoms with van der Waals surface area (Å²) in [6.45, 7) is 18.0. The van der Waals surface area contributed by atoms with Crippen molar-refractivity contribution >= 4 is 6.40 Å². The number of hydrogen-bond acceptors (Lipinski definition) is 2. The van der Waals surface area contributed by atoms with Crippen LogP contribution >= 0.6 is 0 Å². The lowest BCUT2D eigenvalue weighted by Gasteiger charge is -1.81. The number of aliphatic imine (C=N–C) groups is 1. The Bertz CT molecular complexity index is 70.5. The minimum Gasteiger partial charge on any atom is -0.454 e. The van der Waals surface area contributed by atoms with Crippen molar-refractivity contribution in [1.29, 1.82) is 0 Å². The highest BCUT2D eigenvalue weighted by Gasteiger charge is 1.60. The highest BCUT2D eigenvalue weighted by Crippen LogP contribution is 1.66. The Morgan fingerprint density at radius 1 is 1.08 bits per heavy atom. The Morgan fingerprint density at radius 2 is 1.46 bits per heavy atom. The molecule has 0 bridgehead atoms. The maximum Gasteiger partial charge on any atom is 0.175 e. The van der Waals surface area contributed by atoms with Crippen molar-refractivity contribution in [2.24, 2.45) is 4.99 Å². The Hall–Kier alpha value is -0.790. The number of hydrogen-bond donors (Lipinski definition) is 0. The van der Waals surface area contributed by atoms with Crippen LogP contribution in [0, 0.1) is 0 Å². The predicted molar refractivity (Wildman–Crippen MR) is 64.4 cm³/mol. The van der Waals surface area contributed by atoms with Crippen LogP contribution in [0.4, 0.5) is 0 Å². The van der Waals surface area contributed by atoms with Crippen LogP contribution in [-0.2, 0) is 4.74 Å². The summed E-state index contributed by atoms with van der Waals surface area (Å²) in [5.41, 5.74) is 0. The van der Waals surface area contributed by atoms with Crippen molar-refractivity contribution < 1.29 is 4.74 Å². The summed E-state index contributed by atoms with van der Waals surface area (Å²) in [4.78, 5) is 3.74. The van der Waals surface area contributed by atoms with Gasteiger partial charge in [-0.2, -0.15) is 0 Å². The van der Waals surface area contributed by atoms with E-state index in [0.717, 1.165) is 6.54 Å². The normalized spacial score (nSPS) is 6.38. The van der Waals surface area contributed by atoms with Gasteiger partial charge in [-0.3, -0.25) is 4.99 Å². The topological polar surface area (TPSA) is 21.6 Å². The van der Waals surface area contributed by atoms with Crippen LogP contribution < -0.4 is 0 Å². The zero-order valence-corrected chi connectivity index (χ0v) is 10.4. The summed E-state index contributed by atoms with van der Waals surface area (Å²) in [7, 11) is 0. The Kier molecular flexibility index (Phi) is 115. The molecule has 0 amide bonds. The van der Waals surface area contributed by atoms with E-state index in [1.54, 1.807) is 0 Å². The van der Waals surface area contributed by atoms with Crippen molar-refractivity contribution in [2.45, 2.75) is 48.5 Å². The zero-order chi connectivity index (χ0) is 11.5. The molecule has 0 spiro atoms. The quantitative estimate of drug-likeness (QED) is 0.369. The van der Waals surface area contributed by atoms with Gasteiger partial charge in [0.25, 0.3) is 0 Å². The second kappa shape index (κ2) is 65.9. The largest absolute Gasteiger partial charge is 0.454 e. The Labute approximate surface area is 84.7 Å². The minimum atomic E-state index is 0.758. The van der Waals surface area contributed by atoms with Crippen LogP contribution in [0.3, 0.4) is 0 Å². The Morgan fingerprint density at radius 3 is 1.69 bits per heavy atom. The van der Waals surface area contributed by atoms with Crippen molar-refractivity contribution in [1.82, 2.24) is 0 Å². The van der Waals surface area contributed by atoms with Crippen LogP contribution in [0.5, 0.6) is 0 Å². The first-order valence-corrected chi connectivity index (χ1v) is 5.16. The minimum absolute atomic E-state index is 0.758. The van der Waals surface area contributed by atoms with Gasteiger partial charge in [-0.15, -0.1) is 0 Å². The summed E-state index contributed by atoms with van der Waals surface area (Å²) in [5.74, 6) is 0. The second-order valence-corrected chi connectivity index (χ2v) is 0.907. The molecule has 82 valence electrons. The van der Waals surface area contributed by atoms with Crippen molar-refractivity contribution in [3.8, 4) is 0 Å². The predicted octanol–water partition coefficient (Wildman–Crippen LogP) is 4.27. The van der Waals surface area contributed by atoms with Gasteiger partial charge in [0.15, 0.2) is 6.40 Å². The van der Waals surface area contributed by atoms with Crippen LogP contribution in [0.2, 0.25) is 0 Å². The van der Waals surface area contributed by atoms with E-state index in [9.17, 15) is 0 Å². The van der Waals surface area contributed by atoms with Gasteiger partial charge < -0.3 is 4.74 Å². The van der Waals surface area contributed by atoms with E-state index >= 15 is 0 Å². The smallest absolute Gasteiger partial charge is 0.175 e. The monoisotopic (exact) mass is 189 g/mol. The number of ether oxygens (including phenoxy) is 1. The summed E-state index contributed by atoms with van der Waals surface area (Å²) >= 11 is 0. The highest BCUT2D eigenvalue weighted by molar-refractivity contribution is 5.46. The van der Waals surface area contributed by atoms with Gasteiger partial charge in [0, 0.05) is 6.54 Å². The van der Waals surface area contributed by atoms with Crippen molar-refractivity contribution in [3.05, 3.63) is 12.8 Å². The number of nitrogens with zero attached hydrogens (tertiary/aromatic N) is 1. The first-order valence-electron chi connectivity index (χ1n) is 5.16. The fourth-order valence-electron chi connectivity index (χ4n) is 0.161. The third-order valence-corrected chi connectivity index (χ3v) is 0.414. The molecule has 0 rings (SSSR count). The third-order valence-electron chi connectivity index (χ3n) is 0.414. The first-order chi connectivity index (χ1) is 6.41. The van der Waals surface area contributed by atoms with Gasteiger partial charge in [-0.05, 0) is 6.92 Å². The van der Waals surface area contributed by atoms with Crippen LogP contribution in [0.15, 0.2) is 17.8 Å². The van der Waals surface area contributed by atoms with E-state index < -0.39 is 0 Å². The van der Waals surface area contributed by atoms with Crippen LogP contribution in [-0.4, -0.2) is 12.9 Å². The molecule has 2 heteroatoms. The van der Waals surface area contributed by atoms with Gasteiger partial charge >= 0.3 is 0 Å². The average Bonchev–Trinajstić information content (AvgIpc) is 2.27. The van der Waals surface area contributed by atoms with E-state index in [4.69, 9.17) is 0 Å². The molecular formula is C11H27NO. The molecule has 0 aromatic rings. The molecule has 0 saturated carbocycles.